The highest BCUT2D eigenvalue weighted by molar-refractivity contribution is 14.1. The van der Waals surface area contributed by atoms with Gasteiger partial charge in [-0.15, -0.1) is 0 Å². The molecule has 0 unspecified atom stereocenters. The van der Waals surface area contributed by atoms with E-state index in [4.69, 9.17) is 0 Å². The largest absolute Gasteiger partial charge is 0.294 e. The van der Waals surface area contributed by atoms with E-state index < -0.39 is 0 Å². The minimum atomic E-state index is 0.117. The van der Waals surface area contributed by atoms with Crippen LogP contribution in [0.2, 0.25) is 0 Å². The molecule has 104 valence electrons. The van der Waals surface area contributed by atoms with Gasteiger partial charge in [0, 0.05) is 20.2 Å². The normalized spacial score (nSPS) is 10.8. The summed E-state index contributed by atoms with van der Waals surface area (Å²) in [6.07, 6.45) is 0.338. The minimum Gasteiger partial charge on any atom is -0.294 e. The van der Waals surface area contributed by atoms with Gasteiger partial charge < -0.3 is 0 Å². The molecule has 0 saturated carbocycles. The summed E-state index contributed by atoms with van der Waals surface area (Å²) in [6, 6.07) is 17.7. The number of nitrogens with zero attached hydrogens (tertiary/aromatic N) is 1. The Hall–Kier alpha value is -1.75. The Kier molecular flexibility index (Phi) is 4.01. The number of aryl methyl sites for hydroxylation is 1. The zero-order valence-corrected chi connectivity index (χ0v) is 13.8. The number of pyridine rings is 1. The van der Waals surface area contributed by atoms with Gasteiger partial charge in [0.15, 0.2) is 5.78 Å². The second-order valence-corrected chi connectivity index (χ2v) is 6.11. The van der Waals surface area contributed by atoms with Crippen LogP contribution in [0.15, 0.2) is 54.6 Å². The summed E-state index contributed by atoms with van der Waals surface area (Å²) >= 11 is 2.24. The average Bonchev–Trinajstić information content (AvgIpc) is 2.50. The zero-order valence-electron chi connectivity index (χ0n) is 11.6. The molecule has 1 heterocycles. The lowest BCUT2D eigenvalue weighted by atomic mass is 10.0. The first-order chi connectivity index (χ1) is 10.1. The Morgan fingerprint density at radius 2 is 1.86 bits per heavy atom. The van der Waals surface area contributed by atoms with Crippen LogP contribution in [0.1, 0.15) is 21.6 Å². The summed E-state index contributed by atoms with van der Waals surface area (Å²) in [6.45, 7) is 2.02. The second-order valence-electron chi connectivity index (χ2n) is 5.03. The maximum Gasteiger partial charge on any atom is 0.169 e. The van der Waals surface area contributed by atoms with Crippen molar-refractivity contribution in [2.45, 2.75) is 13.3 Å². The van der Waals surface area contributed by atoms with Crippen molar-refractivity contribution in [1.29, 1.82) is 0 Å². The molecule has 0 atom stereocenters. The van der Waals surface area contributed by atoms with E-state index in [0.717, 1.165) is 31.3 Å². The van der Waals surface area contributed by atoms with Gasteiger partial charge in [0.25, 0.3) is 0 Å². The number of Topliss-reactive ketones (excluding diaryl/α,β-unsaturated/α-hetero) is 1. The van der Waals surface area contributed by atoms with Gasteiger partial charge in [0.05, 0.1) is 11.9 Å². The third-order valence-electron chi connectivity index (χ3n) is 3.49. The van der Waals surface area contributed by atoms with Crippen molar-refractivity contribution >= 4 is 39.3 Å². The van der Waals surface area contributed by atoms with Crippen LogP contribution in [-0.2, 0) is 6.42 Å². The molecule has 0 N–H and O–H groups in total. The molecule has 3 heteroatoms. The zero-order chi connectivity index (χ0) is 14.8. The Morgan fingerprint density at radius 3 is 2.71 bits per heavy atom. The monoisotopic (exact) mass is 387 g/mol. The molecule has 0 amide bonds. The lowest BCUT2D eigenvalue weighted by molar-refractivity contribution is 0.0991. The van der Waals surface area contributed by atoms with Gasteiger partial charge in [0.1, 0.15) is 0 Å². The Morgan fingerprint density at radius 1 is 1.05 bits per heavy atom. The van der Waals surface area contributed by atoms with E-state index in [9.17, 15) is 4.79 Å². The Bertz CT molecular complexity index is 826. The van der Waals surface area contributed by atoms with E-state index in [-0.39, 0.29) is 5.78 Å². The van der Waals surface area contributed by atoms with Crippen molar-refractivity contribution in [3.63, 3.8) is 0 Å². The van der Waals surface area contributed by atoms with Gasteiger partial charge in [-0.25, -0.2) is 0 Å². The fourth-order valence-corrected chi connectivity index (χ4v) is 2.99. The number of fused-ring (bicyclic) bond motifs is 1. The number of ketones is 1. The molecule has 3 aromatic rings. The third-order valence-corrected chi connectivity index (χ3v) is 4.92. The van der Waals surface area contributed by atoms with Crippen molar-refractivity contribution < 1.29 is 4.79 Å². The number of benzene rings is 2. The van der Waals surface area contributed by atoms with Crippen LogP contribution in [0.3, 0.4) is 0 Å². The van der Waals surface area contributed by atoms with Crippen molar-refractivity contribution in [3.8, 4) is 0 Å². The standard InChI is InChI=1S/C18H14INO/c1-12-5-4-7-15(18(12)19)17(21)11-14-10-9-13-6-2-3-8-16(13)20-14/h2-10H,11H2,1H3. The molecule has 0 fully saturated rings. The van der Waals surface area contributed by atoms with Crippen LogP contribution in [0.5, 0.6) is 0 Å². The molecule has 0 saturated heterocycles. The summed E-state index contributed by atoms with van der Waals surface area (Å²) in [5, 5.41) is 1.10. The minimum absolute atomic E-state index is 0.117. The highest BCUT2D eigenvalue weighted by Crippen LogP contribution is 2.19. The molecule has 0 aliphatic heterocycles. The first kappa shape index (κ1) is 14.2. The van der Waals surface area contributed by atoms with E-state index in [2.05, 4.69) is 27.6 Å². The molecule has 0 aliphatic rings. The molecule has 2 nitrogen and oxygen atoms in total. The number of hydrogen-bond acceptors (Lipinski definition) is 2. The SMILES string of the molecule is Cc1cccc(C(=O)Cc2ccc3ccccc3n2)c1I. The number of para-hydroxylation sites is 1. The Labute approximate surface area is 137 Å². The van der Waals surface area contributed by atoms with Crippen LogP contribution in [0.4, 0.5) is 0 Å². The second kappa shape index (κ2) is 5.93. The summed E-state index contributed by atoms with van der Waals surface area (Å²) in [5.74, 6) is 0.117. The molecule has 0 radical (unpaired) electrons. The fraction of sp³-hybridized carbons (Fsp3) is 0.111. The predicted octanol–water partition coefficient (Wildman–Crippen LogP) is 4.57. The third kappa shape index (κ3) is 2.97. The summed E-state index contributed by atoms with van der Waals surface area (Å²) in [4.78, 5) is 17.0. The van der Waals surface area contributed by atoms with Gasteiger partial charge in [-0.05, 0) is 47.2 Å². The van der Waals surface area contributed by atoms with Crippen LogP contribution in [-0.4, -0.2) is 10.8 Å². The lowest BCUT2D eigenvalue weighted by Crippen LogP contribution is -2.07. The van der Waals surface area contributed by atoms with Crippen LogP contribution in [0.25, 0.3) is 10.9 Å². The Balaban J connectivity index is 1.91. The maximum absolute atomic E-state index is 12.5. The van der Waals surface area contributed by atoms with Crippen molar-refractivity contribution in [2.75, 3.05) is 0 Å². The van der Waals surface area contributed by atoms with Crippen LogP contribution < -0.4 is 0 Å². The van der Waals surface area contributed by atoms with Crippen molar-refractivity contribution in [2.24, 2.45) is 0 Å². The smallest absolute Gasteiger partial charge is 0.169 e. The number of aromatic nitrogens is 1. The highest BCUT2D eigenvalue weighted by Gasteiger charge is 2.12. The van der Waals surface area contributed by atoms with E-state index in [1.165, 1.54) is 0 Å². The average molecular weight is 387 g/mol. The molecule has 1 aromatic heterocycles. The molecule has 0 bridgehead atoms. The maximum atomic E-state index is 12.5. The molecular weight excluding hydrogens is 373 g/mol. The summed E-state index contributed by atoms with van der Waals surface area (Å²) in [5.41, 5.74) is 3.66. The number of carbonyl (C=O) groups excluding carboxylic acids is 1. The van der Waals surface area contributed by atoms with Gasteiger partial charge in [-0.3, -0.25) is 9.78 Å². The van der Waals surface area contributed by atoms with Crippen LogP contribution in [0, 0.1) is 10.5 Å². The van der Waals surface area contributed by atoms with Crippen LogP contribution >= 0.6 is 22.6 Å². The first-order valence-electron chi connectivity index (χ1n) is 6.78. The topological polar surface area (TPSA) is 30.0 Å². The number of hydrogen-bond donors (Lipinski definition) is 0. The molecule has 0 spiro atoms. The quantitative estimate of drug-likeness (QED) is 0.487. The molecule has 0 aliphatic carbocycles. The van der Waals surface area contributed by atoms with E-state index in [0.29, 0.717) is 6.42 Å². The molecular formula is C18H14INO. The molecule has 21 heavy (non-hydrogen) atoms. The van der Waals surface area contributed by atoms with E-state index >= 15 is 0 Å². The predicted molar refractivity (Wildman–Crippen MR) is 93.7 cm³/mol. The van der Waals surface area contributed by atoms with Gasteiger partial charge in [-0.1, -0.05) is 42.5 Å². The fourth-order valence-electron chi connectivity index (χ4n) is 2.33. The van der Waals surface area contributed by atoms with E-state index in [1.54, 1.807) is 0 Å². The highest BCUT2D eigenvalue weighted by atomic mass is 127. The van der Waals surface area contributed by atoms with Crippen molar-refractivity contribution in [1.82, 2.24) is 4.98 Å². The lowest BCUT2D eigenvalue weighted by Gasteiger charge is -2.07. The first-order valence-corrected chi connectivity index (χ1v) is 7.86. The molecule has 3 rings (SSSR count). The van der Waals surface area contributed by atoms with E-state index in [1.807, 2.05) is 61.5 Å². The van der Waals surface area contributed by atoms with Gasteiger partial charge in [0.2, 0.25) is 0 Å². The summed E-state index contributed by atoms with van der Waals surface area (Å²) in [7, 11) is 0. The number of carbonyl (C=O) groups is 1. The molecule has 2 aromatic carbocycles. The van der Waals surface area contributed by atoms with Crippen molar-refractivity contribution in [3.05, 3.63) is 75.0 Å². The number of halogens is 1. The van der Waals surface area contributed by atoms with Gasteiger partial charge >= 0.3 is 0 Å². The summed E-state index contributed by atoms with van der Waals surface area (Å²) < 4.78 is 1.03. The number of rotatable bonds is 3. The van der Waals surface area contributed by atoms with Gasteiger partial charge in [-0.2, -0.15) is 0 Å².